The summed E-state index contributed by atoms with van der Waals surface area (Å²) in [5, 5.41) is 8.74. The molecule has 46 heavy (non-hydrogen) atoms. The molecule has 0 saturated heterocycles. The number of fused-ring (bicyclic) bond motifs is 2. The molecule has 2 aliphatic rings. The van der Waals surface area contributed by atoms with Gasteiger partial charge in [-0.25, -0.2) is 19.6 Å². The Morgan fingerprint density at radius 1 is 0.696 bits per heavy atom. The smallest absolute Gasteiger partial charge is 0.341 e. The Morgan fingerprint density at radius 3 is 1.37 bits per heavy atom. The molecule has 1 aromatic carbocycles. The molecule has 0 atom stereocenters. The number of nitrogens with one attached hydrogen (secondary N) is 2. The van der Waals surface area contributed by atoms with Crippen molar-refractivity contribution in [3.63, 3.8) is 0 Å². The van der Waals surface area contributed by atoms with E-state index in [4.69, 9.17) is 19.5 Å². The minimum atomic E-state index is -0.326. The van der Waals surface area contributed by atoms with Gasteiger partial charge in [-0.05, 0) is 104 Å². The lowest BCUT2D eigenvalue weighted by Crippen LogP contribution is -2.55. The van der Waals surface area contributed by atoms with Crippen molar-refractivity contribution in [1.82, 2.24) is 10.6 Å². The third-order valence-corrected chi connectivity index (χ3v) is 11.1. The highest BCUT2D eigenvalue weighted by Crippen LogP contribution is 2.47. The Hall–Kier alpha value is -3.18. The van der Waals surface area contributed by atoms with Crippen molar-refractivity contribution in [3.05, 3.63) is 67.4 Å². The van der Waals surface area contributed by atoms with Crippen molar-refractivity contribution in [2.45, 2.75) is 104 Å². The van der Waals surface area contributed by atoms with Crippen LogP contribution >= 0.6 is 22.7 Å². The van der Waals surface area contributed by atoms with Crippen molar-refractivity contribution in [1.29, 1.82) is 0 Å². The van der Waals surface area contributed by atoms with Gasteiger partial charge in [-0.2, -0.15) is 0 Å². The van der Waals surface area contributed by atoms with Gasteiger partial charge in [-0.15, -0.1) is 22.7 Å². The summed E-state index contributed by atoms with van der Waals surface area (Å²) >= 11 is 3.09. The fraction of sp³-hybridized carbons (Fsp3) is 0.500. The highest BCUT2D eigenvalue weighted by molar-refractivity contribution is 7.17. The van der Waals surface area contributed by atoms with E-state index in [2.05, 4.69) is 66.0 Å². The number of rotatable bonds is 8. The maximum atomic E-state index is 13.1. The molecule has 10 heteroatoms. The van der Waals surface area contributed by atoms with Gasteiger partial charge in [0.1, 0.15) is 10.0 Å². The SMILES string of the molecule is CCOC(=O)c1c(/N=C/c2ccc(/C=N/c3sc4c(c3C(=O)OCC)CC(C)(C)NC4(C)C)cc2)sc2c1CC(C)(C)NC2(C)C. The van der Waals surface area contributed by atoms with Gasteiger partial charge in [0.25, 0.3) is 0 Å². The lowest BCUT2D eigenvalue weighted by atomic mass is 9.81. The second-order valence-electron chi connectivity index (χ2n) is 14.4. The van der Waals surface area contributed by atoms with Gasteiger partial charge < -0.3 is 20.1 Å². The summed E-state index contributed by atoms with van der Waals surface area (Å²) in [4.78, 5) is 38.1. The van der Waals surface area contributed by atoms with Crippen LogP contribution in [0.2, 0.25) is 0 Å². The Labute approximate surface area is 280 Å². The maximum absolute atomic E-state index is 13.1. The normalized spacial score (nSPS) is 19.2. The number of thiophene rings is 2. The molecule has 0 spiro atoms. The molecule has 0 saturated carbocycles. The summed E-state index contributed by atoms with van der Waals surface area (Å²) in [5.41, 5.74) is 4.05. The molecule has 4 heterocycles. The van der Waals surface area contributed by atoms with Crippen molar-refractivity contribution >= 4 is 57.0 Å². The number of nitrogens with zero attached hydrogens (tertiary/aromatic N) is 2. The van der Waals surface area contributed by atoms with Crippen LogP contribution in [0, 0.1) is 0 Å². The first kappa shape index (κ1) is 34.2. The van der Waals surface area contributed by atoms with Gasteiger partial charge in [-0.1, -0.05) is 24.3 Å². The average molecular weight is 663 g/mol. The monoisotopic (exact) mass is 662 g/mol. The molecule has 3 aromatic rings. The summed E-state index contributed by atoms with van der Waals surface area (Å²) in [5.74, 6) is -0.653. The molecular formula is C36H46N4O4S2. The van der Waals surface area contributed by atoms with E-state index in [9.17, 15) is 9.59 Å². The van der Waals surface area contributed by atoms with Crippen LogP contribution in [0.3, 0.4) is 0 Å². The number of esters is 2. The van der Waals surface area contributed by atoms with E-state index in [1.165, 1.54) is 0 Å². The highest BCUT2D eigenvalue weighted by atomic mass is 32.1. The van der Waals surface area contributed by atoms with Crippen molar-refractivity contribution in [2.75, 3.05) is 13.2 Å². The summed E-state index contributed by atoms with van der Waals surface area (Å²) < 4.78 is 10.9. The first-order valence-electron chi connectivity index (χ1n) is 15.9. The summed E-state index contributed by atoms with van der Waals surface area (Å²) in [6, 6.07) is 7.88. The Kier molecular flexibility index (Phi) is 9.24. The predicted molar refractivity (Wildman–Crippen MR) is 189 cm³/mol. The maximum Gasteiger partial charge on any atom is 0.341 e. The van der Waals surface area contributed by atoms with E-state index in [0.29, 0.717) is 34.3 Å². The van der Waals surface area contributed by atoms with Crippen molar-refractivity contribution in [2.24, 2.45) is 9.98 Å². The first-order chi connectivity index (χ1) is 21.5. The molecule has 246 valence electrons. The molecule has 2 aliphatic heterocycles. The zero-order valence-electron chi connectivity index (χ0n) is 28.6. The van der Waals surface area contributed by atoms with Gasteiger partial charge >= 0.3 is 11.9 Å². The standard InChI is InChI=1S/C36H46N4O4S2/c1-11-43-31(41)25-23-17-33(3,4)39-35(7,8)27(23)45-29(25)37-19-21-13-15-22(16-14-21)20-38-30-26(32(42)44-12-2)24-18-34(5,6)40-36(9,10)28(24)46-30/h13-16,19-20,39-40H,11-12,17-18H2,1-10H3/b37-19+,38-20+. The average Bonchev–Trinajstić information content (AvgIpc) is 3.48. The number of ether oxygens (including phenoxy) is 2. The number of benzene rings is 1. The fourth-order valence-corrected chi connectivity index (χ4v) is 9.39. The van der Waals surface area contributed by atoms with E-state index in [1.807, 2.05) is 38.1 Å². The fourth-order valence-electron chi connectivity index (χ4n) is 6.97. The summed E-state index contributed by atoms with van der Waals surface area (Å²) in [7, 11) is 0. The van der Waals surface area contributed by atoms with Gasteiger partial charge in [0.2, 0.25) is 0 Å². The van der Waals surface area contributed by atoms with E-state index in [0.717, 1.165) is 44.8 Å². The first-order valence-corrected chi connectivity index (χ1v) is 17.5. The summed E-state index contributed by atoms with van der Waals surface area (Å²) in [6.45, 7) is 21.5. The Morgan fingerprint density at radius 2 is 1.04 bits per heavy atom. The molecule has 0 aliphatic carbocycles. The van der Waals surface area contributed by atoms with E-state index in [1.54, 1.807) is 35.1 Å². The van der Waals surface area contributed by atoms with E-state index >= 15 is 0 Å². The largest absolute Gasteiger partial charge is 0.462 e. The molecule has 5 rings (SSSR count). The van der Waals surface area contributed by atoms with Crippen LogP contribution in [0.15, 0.2) is 34.3 Å². The van der Waals surface area contributed by atoms with E-state index in [-0.39, 0.29) is 34.1 Å². The molecular weight excluding hydrogens is 617 g/mol. The van der Waals surface area contributed by atoms with Gasteiger partial charge in [0.15, 0.2) is 0 Å². The van der Waals surface area contributed by atoms with Crippen molar-refractivity contribution < 1.29 is 19.1 Å². The van der Waals surface area contributed by atoms with Crippen LogP contribution in [-0.4, -0.2) is 48.7 Å². The molecule has 0 unspecified atom stereocenters. The quantitative estimate of drug-likeness (QED) is 0.187. The number of hydrogen-bond acceptors (Lipinski definition) is 10. The van der Waals surface area contributed by atoms with Gasteiger partial charge in [0, 0.05) is 44.3 Å². The van der Waals surface area contributed by atoms with Crippen LogP contribution in [-0.2, 0) is 33.4 Å². The third-order valence-electron chi connectivity index (χ3n) is 8.21. The second kappa shape index (κ2) is 12.4. The molecule has 2 aromatic heterocycles. The van der Waals surface area contributed by atoms with Crippen LogP contribution in [0.4, 0.5) is 10.0 Å². The second-order valence-corrected chi connectivity index (χ2v) is 16.4. The minimum absolute atomic E-state index is 0.166. The molecule has 8 nitrogen and oxygen atoms in total. The predicted octanol–water partition coefficient (Wildman–Crippen LogP) is 7.98. The molecule has 2 N–H and O–H groups in total. The van der Waals surface area contributed by atoms with Crippen LogP contribution < -0.4 is 10.6 Å². The zero-order chi connectivity index (χ0) is 33.7. The van der Waals surface area contributed by atoms with Crippen LogP contribution in [0.1, 0.15) is 122 Å². The van der Waals surface area contributed by atoms with E-state index < -0.39 is 0 Å². The van der Waals surface area contributed by atoms with Crippen LogP contribution in [0.25, 0.3) is 0 Å². The topological polar surface area (TPSA) is 101 Å². The van der Waals surface area contributed by atoms with Gasteiger partial charge in [-0.3, -0.25) is 0 Å². The lowest BCUT2D eigenvalue weighted by Gasteiger charge is -2.42. The molecule has 0 bridgehead atoms. The van der Waals surface area contributed by atoms with Crippen molar-refractivity contribution in [3.8, 4) is 0 Å². The Bertz CT molecular complexity index is 1580. The number of aliphatic imine (C=N–C) groups is 2. The van der Waals surface area contributed by atoms with Gasteiger partial charge in [0.05, 0.1) is 24.3 Å². The minimum Gasteiger partial charge on any atom is -0.462 e. The summed E-state index contributed by atoms with van der Waals surface area (Å²) in [6.07, 6.45) is 5.01. The Balaban J connectivity index is 1.43. The zero-order valence-corrected chi connectivity index (χ0v) is 30.3. The lowest BCUT2D eigenvalue weighted by molar-refractivity contribution is 0.0515. The third kappa shape index (κ3) is 6.90. The number of carbonyl (C=O) groups excluding carboxylic acids is 2. The number of carbonyl (C=O) groups is 2. The highest BCUT2D eigenvalue weighted by Gasteiger charge is 2.43. The number of hydrogen-bond donors (Lipinski definition) is 2. The molecule has 0 radical (unpaired) electrons. The molecule has 0 fully saturated rings. The molecule has 0 amide bonds. The van der Waals surface area contributed by atoms with Crippen LogP contribution in [0.5, 0.6) is 0 Å².